The first-order chi connectivity index (χ1) is 11.3. The smallest absolute Gasteiger partial charge is 0.137 e. The van der Waals surface area contributed by atoms with E-state index in [1.54, 1.807) is 13.3 Å². The van der Waals surface area contributed by atoms with Crippen LogP contribution in [-0.4, -0.2) is 21.6 Å². The molecule has 0 radical (unpaired) electrons. The zero-order valence-corrected chi connectivity index (χ0v) is 13.4. The molecule has 118 valence electrons. The van der Waals surface area contributed by atoms with Gasteiger partial charge in [-0.1, -0.05) is 24.3 Å². The van der Waals surface area contributed by atoms with Crippen LogP contribution in [0.15, 0.2) is 55.0 Å². The first-order valence-corrected chi connectivity index (χ1v) is 7.56. The number of hydrogen-bond donors (Lipinski definition) is 1. The number of nitrogens with zero attached hydrogens (tertiary/aromatic N) is 3. The van der Waals surface area contributed by atoms with Crippen LogP contribution in [0.1, 0.15) is 17.0 Å². The fourth-order valence-electron chi connectivity index (χ4n) is 2.47. The van der Waals surface area contributed by atoms with E-state index in [1.165, 1.54) is 0 Å². The first-order valence-electron chi connectivity index (χ1n) is 7.56. The summed E-state index contributed by atoms with van der Waals surface area (Å²) >= 11 is 0. The molecule has 0 bridgehead atoms. The topological polar surface area (TPSA) is 52.0 Å². The standard InChI is InChI=1S/C18H20N4O/c1-14-20-9-10-22(14)18-8-7-15(12-21-18)11-19-13-16-5-3-4-6-17(16)23-2/h3-10,12,19H,11,13H2,1-2H3. The van der Waals surface area contributed by atoms with E-state index in [0.717, 1.165) is 41.6 Å². The lowest BCUT2D eigenvalue weighted by atomic mass is 10.2. The van der Waals surface area contributed by atoms with Crippen LogP contribution < -0.4 is 10.1 Å². The Morgan fingerprint density at radius 3 is 2.65 bits per heavy atom. The molecule has 0 saturated carbocycles. The lowest BCUT2D eigenvalue weighted by Crippen LogP contribution is -2.13. The Kier molecular flexibility index (Phi) is 4.68. The number of para-hydroxylation sites is 1. The Labute approximate surface area is 136 Å². The minimum absolute atomic E-state index is 0.756. The average Bonchev–Trinajstić information content (AvgIpc) is 3.02. The first kappa shape index (κ1) is 15.2. The maximum absolute atomic E-state index is 5.36. The molecule has 0 spiro atoms. The van der Waals surface area contributed by atoms with E-state index in [-0.39, 0.29) is 0 Å². The number of pyridine rings is 1. The van der Waals surface area contributed by atoms with Gasteiger partial charge in [-0.2, -0.15) is 0 Å². The number of methoxy groups -OCH3 is 1. The predicted molar refractivity (Wildman–Crippen MR) is 89.6 cm³/mol. The van der Waals surface area contributed by atoms with Crippen LogP contribution in [0.25, 0.3) is 5.82 Å². The van der Waals surface area contributed by atoms with Crippen molar-refractivity contribution < 1.29 is 4.74 Å². The molecule has 1 aromatic carbocycles. The Morgan fingerprint density at radius 2 is 1.96 bits per heavy atom. The molecule has 23 heavy (non-hydrogen) atoms. The average molecular weight is 308 g/mol. The summed E-state index contributed by atoms with van der Waals surface area (Å²) in [6.45, 7) is 3.48. The largest absolute Gasteiger partial charge is 0.496 e. The third kappa shape index (κ3) is 3.57. The van der Waals surface area contributed by atoms with Gasteiger partial charge in [-0.15, -0.1) is 0 Å². The zero-order chi connectivity index (χ0) is 16.1. The second-order valence-electron chi connectivity index (χ2n) is 5.28. The summed E-state index contributed by atoms with van der Waals surface area (Å²) in [5, 5.41) is 3.42. The lowest BCUT2D eigenvalue weighted by Gasteiger charge is -2.10. The Morgan fingerprint density at radius 1 is 1.09 bits per heavy atom. The van der Waals surface area contributed by atoms with Gasteiger partial charge in [-0.05, 0) is 24.6 Å². The second kappa shape index (κ2) is 7.07. The summed E-state index contributed by atoms with van der Waals surface area (Å²) < 4.78 is 7.32. The van der Waals surface area contributed by atoms with Crippen LogP contribution in [0.4, 0.5) is 0 Å². The van der Waals surface area contributed by atoms with Gasteiger partial charge >= 0.3 is 0 Å². The van der Waals surface area contributed by atoms with Crippen LogP contribution in [0.2, 0.25) is 0 Å². The van der Waals surface area contributed by atoms with E-state index < -0.39 is 0 Å². The maximum Gasteiger partial charge on any atom is 0.137 e. The zero-order valence-electron chi connectivity index (χ0n) is 13.4. The monoisotopic (exact) mass is 308 g/mol. The molecule has 1 N–H and O–H groups in total. The second-order valence-corrected chi connectivity index (χ2v) is 5.28. The van der Waals surface area contributed by atoms with Crippen LogP contribution in [0.5, 0.6) is 5.75 Å². The highest BCUT2D eigenvalue weighted by Gasteiger charge is 2.03. The van der Waals surface area contributed by atoms with Gasteiger partial charge in [0.05, 0.1) is 7.11 Å². The molecule has 0 aliphatic rings. The van der Waals surface area contributed by atoms with Crippen LogP contribution in [0, 0.1) is 6.92 Å². The highest BCUT2D eigenvalue weighted by atomic mass is 16.5. The van der Waals surface area contributed by atoms with E-state index in [4.69, 9.17) is 4.74 Å². The van der Waals surface area contributed by atoms with Crippen molar-refractivity contribution in [3.8, 4) is 11.6 Å². The van der Waals surface area contributed by atoms with Crippen LogP contribution in [-0.2, 0) is 13.1 Å². The quantitative estimate of drug-likeness (QED) is 0.761. The van der Waals surface area contributed by atoms with Gasteiger partial charge in [0.2, 0.25) is 0 Å². The molecule has 3 rings (SSSR count). The Hall–Kier alpha value is -2.66. The fraction of sp³-hybridized carbons (Fsp3) is 0.222. The summed E-state index contributed by atoms with van der Waals surface area (Å²) in [6, 6.07) is 12.1. The molecule has 0 atom stereocenters. The maximum atomic E-state index is 5.36. The minimum Gasteiger partial charge on any atom is -0.496 e. The number of nitrogens with one attached hydrogen (secondary N) is 1. The van der Waals surface area contributed by atoms with Crippen molar-refractivity contribution in [1.29, 1.82) is 0 Å². The van der Waals surface area contributed by atoms with Crippen molar-refractivity contribution in [2.24, 2.45) is 0 Å². The number of rotatable bonds is 6. The minimum atomic E-state index is 0.756. The third-order valence-corrected chi connectivity index (χ3v) is 3.72. The molecule has 3 aromatic rings. The molecule has 0 amide bonds. The normalized spacial score (nSPS) is 10.7. The molecule has 5 heteroatoms. The summed E-state index contributed by atoms with van der Waals surface area (Å²) in [7, 11) is 1.69. The summed E-state index contributed by atoms with van der Waals surface area (Å²) in [6.07, 6.45) is 5.58. The van der Waals surface area contributed by atoms with Crippen molar-refractivity contribution in [3.05, 3.63) is 71.9 Å². The van der Waals surface area contributed by atoms with Gasteiger partial charge in [0.15, 0.2) is 0 Å². The SMILES string of the molecule is COc1ccccc1CNCc1ccc(-n2ccnc2C)nc1. The molecule has 0 unspecified atom stereocenters. The van der Waals surface area contributed by atoms with E-state index in [1.807, 2.05) is 48.1 Å². The van der Waals surface area contributed by atoms with Gasteiger partial charge in [0.1, 0.15) is 17.4 Å². The third-order valence-electron chi connectivity index (χ3n) is 3.72. The molecule has 2 aromatic heterocycles. The van der Waals surface area contributed by atoms with Gasteiger partial charge < -0.3 is 10.1 Å². The molecule has 0 saturated heterocycles. The predicted octanol–water partition coefficient (Wildman–Crippen LogP) is 2.87. The van der Waals surface area contributed by atoms with E-state index in [0.29, 0.717) is 0 Å². The molecule has 0 fully saturated rings. The number of hydrogen-bond acceptors (Lipinski definition) is 4. The van der Waals surface area contributed by atoms with Gasteiger partial charge in [0.25, 0.3) is 0 Å². The number of aromatic nitrogens is 3. The summed E-state index contributed by atoms with van der Waals surface area (Å²) in [5.74, 6) is 2.72. The van der Waals surface area contributed by atoms with Crippen molar-refractivity contribution in [2.45, 2.75) is 20.0 Å². The molecule has 5 nitrogen and oxygen atoms in total. The molecule has 2 heterocycles. The molecular weight excluding hydrogens is 288 g/mol. The van der Waals surface area contributed by atoms with Crippen LogP contribution in [0.3, 0.4) is 0 Å². The van der Waals surface area contributed by atoms with Gasteiger partial charge in [-0.25, -0.2) is 9.97 Å². The van der Waals surface area contributed by atoms with E-state index >= 15 is 0 Å². The Bertz CT molecular complexity index is 765. The lowest BCUT2D eigenvalue weighted by molar-refractivity contribution is 0.407. The molecule has 0 aliphatic heterocycles. The highest BCUT2D eigenvalue weighted by Crippen LogP contribution is 2.17. The van der Waals surface area contributed by atoms with Gasteiger partial charge in [0, 0.05) is 37.2 Å². The Balaban J connectivity index is 1.60. The van der Waals surface area contributed by atoms with Crippen LogP contribution >= 0.6 is 0 Å². The fourth-order valence-corrected chi connectivity index (χ4v) is 2.47. The number of aryl methyl sites for hydroxylation is 1. The van der Waals surface area contributed by atoms with E-state index in [9.17, 15) is 0 Å². The molecular formula is C18H20N4O. The summed E-state index contributed by atoms with van der Waals surface area (Å²) in [5.41, 5.74) is 2.29. The highest BCUT2D eigenvalue weighted by molar-refractivity contribution is 5.33. The van der Waals surface area contributed by atoms with Crippen molar-refractivity contribution >= 4 is 0 Å². The number of ether oxygens (including phenoxy) is 1. The molecule has 0 aliphatic carbocycles. The van der Waals surface area contributed by atoms with Gasteiger partial charge in [-0.3, -0.25) is 4.57 Å². The number of imidazole rings is 1. The van der Waals surface area contributed by atoms with Crippen molar-refractivity contribution in [1.82, 2.24) is 19.9 Å². The summed E-state index contributed by atoms with van der Waals surface area (Å²) in [4.78, 5) is 8.71. The van der Waals surface area contributed by atoms with E-state index in [2.05, 4.69) is 27.4 Å². The van der Waals surface area contributed by atoms with Crippen molar-refractivity contribution in [3.63, 3.8) is 0 Å². The van der Waals surface area contributed by atoms with Crippen molar-refractivity contribution in [2.75, 3.05) is 7.11 Å². The number of benzene rings is 1.